The van der Waals surface area contributed by atoms with Gasteiger partial charge in [-0.15, -0.1) is 24.0 Å². The minimum Gasteiger partial charge on any atom is -0.494 e. The molecule has 2 aliphatic rings. The first-order valence-corrected chi connectivity index (χ1v) is 10.8. The molecule has 0 spiro atoms. The first-order valence-electron chi connectivity index (χ1n) is 10.8. The van der Waals surface area contributed by atoms with Crippen molar-refractivity contribution >= 4 is 29.9 Å². The van der Waals surface area contributed by atoms with E-state index in [2.05, 4.69) is 36.2 Å². The zero-order chi connectivity index (χ0) is 19.6. The number of hydrogen-bond acceptors (Lipinski definition) is 4. The van der Waals surface area contributed by atoms with Crippen LogP contribution in [0.5, 0.6) is 5.75 Å². The fourth-order valence-corrected chi connectivity index (χ4v) is 3.65. The zero-order valence-electron chi connectivity index (χ0n) is 17.8. The van der Waals surface area contributed by atoms with Crippen LogP contribution >= 0.6 is 24.0 Å². The van der Waals surface area contributed by atoms with Crippen LogP contribution in [0.4, 0.5) is 0 Å². The number of ether oxygens (including phenoxy) is 3. The summed E-state index contributed by atoms with van der Waals surface area (Å²) < 4.78 is 17.6. The third-order valence-corrected chi connectivity index (χ3v) is 5.18. The van der Waals surface area contributed by atoms with Gasteiger partial charge in [0.2, 0.25) is 0 Å². The van der Waals surface area contributed by atoms with Gasteiger partial charge >= 0.3 is 0 Å². The van der Waals surface area contributed by atoms with E-state index in [9.17, 15) is 0 Å². The molecule has 6 nitrogen and oxygen atoms in total. The summed E-state index contributed by atoms with van der Waals surface area (Å²) in [4.78, 5) is 7.19. The molecule has 3 rings (SSSR count). The Morgan fingerprint density at radius 3 is 2.86 bits per heavy atom. The summed E-state index contributed by atoms with van der Waals surface area (Å²) >= 11 is 0. The molecule has 29 heavy (non-hydrogen) atoms. The molecule has 164 valence electrons. The number of nitrogens with one attached hydrogen (secondary N) is 1. The molecule has 2 atom stereocenters. The highest BCUT2D eigenvalue weighted by Gasteiger charge is 2.32. The van der Waals surface area contributed by atoms with Crippen LogP contribution in [0.2, 0.25) is 0 Å². The average molecular weight is 517 g/mol. The second kappa shape index (κ2) is 13.3. The number of halogens is 1. The molecular formula is C22H36IN3O3. The van der Waals surface area contributed by atoms with E-state index < -0.39 is 0 Å². The molecule has 2 unspecified atom stereocenters. The molecule has 2 fully saturated rings. The monoisotopic (exact) mass is 517 g/mol. The molecule has 2 aliphatic heterocycles. The van der Waals surface area contributed by atoms with Gasteiger partial charge in [-0.05, 0) is 43.9 Å². The fraction of sp³-hybridized carbons (Fsp3) is 0.682. The summed E-state index contributed by atoms with van der Waals surface area (Å²) in [6.45, 7) is 9.79. The number of hydrogen-bond donors (Lipinski definition) is 1. The molecule has 1 aromatic rings. The molecule has 1 N–H and O–H groups in total. The minimum absolute atomic E-state index is 0. The molecule has 0 radical (unpaired) electrons. The number of nitrogens with zero attached hydrogens (tertiary/aromatic N) is 2. The van der Waals surface area contributed by atoms with Gasteiger partial charge in [0.1, 0.15) is 11.9 Å². The van der Waals surface area contributed by atoms with Gasteiger partial charge in [-0.25, -0.2) is 4.99 Å². The lowest BCUT2D eigenvalue weighted by molar-refractivity contribution is -0.0817. The van der Waals surface area contributed by atoms with Gasteiger partial charge in [0.05, 0.1) is 25.9 Å². The molecular weight excluding hydrogens is 481 g/mol. The van der Waals surface area contributed by atoms with Crippen LogP contribution in [0.3, 0.4) is 0 Å². The van der Waals surface area contributed by atoms with E-state index in [-0.39, 0.29) is 36.2 Å². The van der Waals surface area contributed by atoms with E-state index >= 15 is 0 Å². The van der Waals surface area contributed by atoms with Crippen molar-refractivity contribution in [3.8, 4) is 5.75 Å². The van der Waals surface area contributed by atoms with Gasteiger partial charge in [-0.1, -0.05) is 25.5 Å². The Balaban J connectivity index is 0.00000300. The predicted molar refractivity (Wildman–Crippen MR) is 127 cm³/mol. The quantitative estimate of drug-likeness (QED) is 0.246. The maximum atomic E-state index is 5.98. The van der Waals surface area contributed by atoms with E-state index in [1.807, 2.05) is 12.1 Å². The summed E-state index contributed by atoms with van der Waals surface area (Å²) in [7, 11) is 0. The van der Waals surface area contributed by atoms with Crippen molar-refractivity contribution in [1.82, 2.24) is 10.2 Å². The maximum Gasteiger partial charge on any atom is 0.194 e. The second-order valence-corrected chi connectivity index (χ2v) is 7.43. The maximum absolute atomic E-state index is 5.98. The number of aliphatic imine (C=N–C) groups is 1. The van der Waals surface area contributed by atoms with Crippen molar-refractivity contribution in [3.63, 3.8) is 0 Å². The second-order valence-electron chi connectivity index (χ2n) is 7.43. The summed E-state index contributed by atoms with van der Waals surface area (Å²) in [5, 5.41) is 3.44. The number of guanidine groups is 1. The van der Waals surface area contributed by atoms with Gasteiger partial charge in [0.15, 0.2) is 5.96 Å². The predicted octanol–water partition coefficient (Wildman–Crippen LogP) is 3.83. The van der Waals surface area contributed by atoms with Crippen LogP contribution < -0.4 is 10.1 Å². The summed E-state index contributed by atoms with van der Waals surface area (Å²) in [5.41, 5.74) is 1.16. The Morgan fingerprint density at radius 1 is 1.24 bits per heavy atom. The smallest absolute Gasteiger partial charge is 0.194 e. The highest BCUT2D eigenvalue weighted by Crippen LogP contribution is 2.21. The molecule has 0 aliphatic carbocycles. The normalized spacial score (nSPS) is 22.3. The number of rotatable bonds is 8. The summed E-state index contributed by atoms with van der Waals surface area (Å²) in [5.74, 6) is 1.88. The van der Waals surface area contributed by atoms with Crippen molar-refractivity contribution in [2.24, 2.45) is 4.99 Å². The Bertz CT molecular complexity index is 623. The molecule has 1 aromatic carbocycles. The Kier molecular flexibility index (Phi) is 11.1. The van der Waals surface area contributed by atoms with Crippen molar-refractivity contribution < 1.29 is 14.2 Å². The van der Waals surface area contributed by atoms with Crippen molar-refractivity contribution in [3.05, 3.63) is 29.8 Å². The third kappa shape index (κ3) is 7.61. The lowest BCUT2D eigenvalue weighted by atomic mass is 10.1. The Morgan fingerprint density at radius 2 is 2.10 bits per heavy atom. The summed E-state index contributed by atoms with van der Waals surface area (Å²) in [6, 6.07) is 8.26. The largest absolute Gasteiger partial charge is 0.494 e. The van der Waals surface area contributed by atoms with E-state index in [1.54, 1.807) is 0 Å². The van der Waals surface area contributed by atoms with Crippen molar-refractivity contribution in [2.75, 3.05) is 39.5 Å². The molecule has 7 heteroatoms. The standard InChI is InChI=1S/C22H35N3O3.HI/c1-3-5-12-26-19-9-6-8-18(15-19)16-24-22(23-4-2)25-11-14-28-21(17-25)20-10-7-13-27-20;/h6,8-9,15,20-21H,3-5,7,10-14,16-17H2,1-2H3,(H,23,24);1H. The molecule has 0 aromatic heterocycles. The van der Waals surface area contributed by atoms with Crippen molar-refractivity contribution in [2.45, 2.75) is 58.3 Å². The van der Waals surface area contributed by atoms with Crippen molar-refractivity contribution in [1.29, 1.82) is 0 Å². The third-order valence-electron chi connectivity index (χ3n) is 5.18. The topological polar surface area (TPSA) is 55.3 Å². The van der Waals surface area contributed by atoms with Crippen LogP contribution in [0, 0.1) is 0 Å². The minimum atomic E-state index is 0. The first kappa shape index (κ1) is 24.2. The van der Waals surface area contributed by atoms with Gasteiger partial charge in [0.25, 0.3) is 0 Å². The van der Waals surface area contributed by atoms with E-state index in [0.29, 0.717) is 6.54 Å². The highest BCUT2D eigenvalue weighted by molar-refractivity contribution is 14.0. The van der Waals surface area contributed by atoms with Gasteiger partial charge in [-0.2, -0.15) is 0 Å². The van der Waals surface area contributed by atoms with Gasteiger partial charge in [-0.3, -0.25) is 0 Å². The Hall–Kier alpha value is -1.06. The lowest BCUT2D eigenvalue weighted by Crippen LogP contribution is -2.53. The SMILES string of the molecule is CCCCOc1cccc(CN=C(NCC)N2CCOC(C3CCCO3)C2)c1.I. The summed E-state index contributed by atoms with van der Waals surface area (Å²) in [6.07, 6.45) is 4.81. The molecule has 2 saturated heterocycles. The van der Waals surface area contributed by atoms with Gasteiger partial charge in [0, 0.05) is 26.2 Å². The van der Waals surface area contributed by atoms with Crippen LogP contribution in [-0.4, -0.2) is 62.5 Å². The van der Waals surface area contributed by atoms with E-state index in [1.165, 1.54) is 0 Å². The van der Waals surface area contributed by atoms with E-state index in [0.717, 1.165) is 82.4 Å². The van der Waals surface area contributed by atoms with E-state index in [4.69, 9.17) is 19.2 Å². The molecule has 0 bridgehead atoms. The molecule has 0 saturated carbocycles. The molecule has 0 amide bonds. The molecule has 2 heterocycles. The van der Waals surface area contributed by atoms with Crippen LogP contribution in [0.1, 0.15) is 45.1 Å². The lowest BCUT2D eigenvalue weighted by Gasteiger charge is -2.37. The fourth-order valence-electron chi connectivity index (χ4n) is 3.65. The van der Waals surface area contributed by atoms with Crippen LogP contribution in [0.25, 0.3) is 0 Å². The highest BCUT2D eigenvalue weighted by atomic mass is 127. The zero-order valence-corrected chi connectivity index (χ0v) is 20.1. The number of unbranched alkanes of at least 4 members (excludes halogenated alkanes) is 1. The van der Waals surface area contributed by atoms with Crippen LogP contribution in [0.15, 0.2) is 29.3 Å². The Labute approximate surface area is 192 Å². The average Bonchev–Trinajstić information content (AvgIpc) is 3.27. The first-order chi connectivity index (χ1) is 13.8. The van der Waals surface area contributed by atoms with Crippen LogP contribution in [-0.2, 0) is 16.0 Å². The van der Waals surface area contributed by atoms with Gasteiger partial charge < -0.3 is 24.4 Å². The number of morpholine rings is 1. The number of benzene rings is 1.